The van der Waals surface area contributed by atoms with Gasteiger partial charge in [-0.3, -0.25) is 14.5 Å². The molecule has 5 rings (SSSR count). The first kappa shape index (κ1) is 29.7. The lowest BCUT2D eigenvalue weighted by Crippen LogP contribution is -2.50. The van der Waals surface area contributed by atoms with Crippen LogP contribution < -0.4 is 0 Å². The maximum Gasteiger partial charge on any atom is 0.260 e. The molecule has 3 aromatic carbocycles. The highest BCUT2D eigenvalue weighted by Crippen LogP contribution is 2.34. The third-order valence-electron chi connectivity index (χ3n) is 7.29. The molecule has 1 saturated heterocycles. The lowest BCUT2D eigenvalue weighted by molar-refractivity contribution is 0.0598. The number of rotatable bonds is 8. The molecular formula is C31H28Cl2F2N4O3. The Balaban J connectivity index is 1.32. The van der Waals surface area contributed by atoms with E-state index in [9.17, 15) is 18.4 Å². The van der Waals surface area contributed by atoms with Gasteiger partial charge in [-0.15, -0.1) is 0 Å². The zero-order chi connectivity index (χ0) is 29.8. The van der Waals surface area contributed by atoms with Gasteiger partial charge in [0.25, 0.3) is 11.8 Å². The molecule has 2 amide bonds. The number of hydrogen-bond acceptors (Lipinski definition) is 5. The molecule has 11 heteroatoms. The average Bonchev–Trinajstić information content (AvgIpc) is 3.36. The fourth-order valence-electron chi connectivity index (χ4n) is 4.95. The highest BCUT2D eigenvalue weighted by molar-refractivity contribution is 6.33. The molecule has 0 spiro atoms. The number of benzene rings is 3. The molecule has 1 aliphatic heterocycles. The van der Waals surface area contributed by atoms with Crippen LogP contribution in [0.3, 0.4) is 0 Å². The summed E-state index contributed by atoms with van der Waals surface area (Å²) in [6.07, 6.45) is 0. The molecule has 0 unspecified atom stereocenters. The number of aromatic nitrogens is 1. The van der Waals surface area contributed by atoms with Crippen molar-refractivity contribution in [3.8, 4) is 11.3 Å². The van der Waals surface area contributed by atoms with Crippen molar-refractivity contribution in [2.45, 2.75) is 13.5 Å². The van der Waals surface area contributed by atoms with Crippen LogP contribution in [0.5, 0.6) is 0 Å². The minimum Gasteiger partial charge on any atom is -0.360 e. The van der Waals surface area contributed by atoms with Gasteiger partial charge in [0.05, 0.1) is 10.6 Å². The number of nitrogens with zero attached hydrogens (tertiary/aromatic N) is 4. The van der Waals surface area contributed by atoms with Crippen LogP contribution in [0.4, 0.5) is 8.78 Å². The highest BCUT2D eigenvalue weighted by atomic mass is 35.5. The van der Waals surface area contributed by atoms with Gasteiger partial charge in [-0.25, -0.2) is 8.78 Å². The van der Waals surface area contributed by atoms with E-state index in [2.05, 4.69) is 10.1 Å². The molecule has 0 radical (unpaired) electrons. The first-order valence-electron chi connectivity index (χ1n) is 13.4. The second kappa shape index (κ2) is 13.0. The molecule has 4 aromatic rings. The molecule has 0 N–H and O–H groups in total. The van der Waals surface area contributed by atoms with E-state index >= 15 is 0 Å². The number of aryl methyl sites for hydroxylation is 1. The molecule has 0 bridgehead atoms. The molecule has 1 fully saturated rings. The van der Waals surface area contributed by atoms with Gasteiger partial charge in [-0.05, 0) is 61.0 Å². The molecule has 42 heavy (non-hydrogen) atoms. The van der Waals surface area contributed by atoms with E-state index in [1.165, 1.54) is 30.3 Å². The molecule has 1 aliphatic rings. The first-order chi connectivity index (χ1) is 20.2. The van der Waals surface area contributed by atoms with Crippen LogP contribution in [0, 0.1) is 18.6 Å². The van der Waals surface area contributed by atoms with E-state index in [1.807, 2.05) is 0 Å². The van der Waals surface area contributed by atoms with Crippen LogP contribution in [0.25, 0.3) is 11.3 Å². The van der Waals surface area contributed by atoms with Crippen LogP contribution in [-0.4, -0.2) is 70.9 Å². The van der Waals surface area contributed by atoms with Crippen molar-refractivity contribution in [1.29, 1.82) is 0 Å². The van der Waals surface area contributed by atoms with Gasteiger partial charge in [0.15, 0.2) is 0 Å². The summed E-state index contributed by atoms with van der Waals surface area (Å²) in [6.45, 7) is 4.93. The predicted molar refractivity (Wildman–Crippen MR) is 157 cm³/mol. The molecule has 7 nitrogen and oxygen atoms in total. The average molecular weight is 613 g/mol. The molecule has 0 saturated carbocycles. The minimum absolute atomic E-state index is 0.0115. The molecule has 0 aliphatic carbocycles. The topological polar surface area (TPSA) is 69.9 Å². The largest absolute Gasteiger partial charge is 0.360 e. The number of carbonyl (C=O) groups is 2. The number of piperazine rings is 1. The third kappa shape index (κ3) is 6.64. The zero-order valence-corrected chi connectivity index (χ0v) is 24.3. The predicted octanol–water partition coefficient (Wildman–Crippen LogP) is 6.34. The molecule has 218 valence electrons. The van der Waals surface area contributed by atoms with E-state index in [-0.39, 0.29) is 45.9 Å². The van der Waals surface area contributed by atoms with Gasteiger partial charge in [0, 0.05) is 56.4 Å². The Labute approximate surface area is 252 Å². The monoisotopic (exact) mass is 612 g/mol. The van der Waals surface area contributed by atoms with Crippen molar-refractivity contribution < 1.29 is 22.9 Å². The Morgan fingerprint density at radius 1 is 0.952 bits per heavy atom. The van der Waals surface area contributed by atoms with E-state index in [4.69, 9.17) is 27.7 Å². The minimum atomic E-state index is -0.624. The van der Waals surface area contributed by atoms with Gasteiger partial charge in [-0.1, -0.05) is 46.6 Å². The van der Waals surface area contributed by atoms with Gasteiger partial charge in [-0.2, -0.15) is 0 Å². The van der Waals surface area contributed by atoms with Gasteiger partial charge >= 0.3 is 0 Å². The van der Waals surface area contributed by atoms with Gasteiger partial charge in [0.2, 0.25) is 0 Å². The van der Waals surface area contributed by atoms with Crippen LogP contribution >= 0.6 is 23.2 Å². The number of carbonyl (C=O) groups excluding carboxylic acids is 2. The summed E-state index contributed by atoms with van der Waals surface area (Å²) in [6, 6.07) is 17.0. The fourth-order valence-corrected chi connectivity index (χ4v) is 5.33. The molecule has 0 atom stereocenters. The van der Waals surface area contributed by atoms with Crippen molar-refractivity contribution in [1.82, 2.24) is 19.9 Å². The van der Waals surface area contributed by atoms with Crippen LogP contribution in [0.1, 0.15) is 32.0 Å². The van der Waals surface area contributed by atoms with Crippen molar-refractivity contribution in [3.05, 3.63) is 111 Å². The van der Waals surface area contributed by atoms with Crippen LogP contribution in [0.2, 0.25) is 10.0 Å². The molecule has 1 aromatic heterocycles. The Bertz CT molecular complexity index is 1550. The number of halogens is 4. The van der Waals surface area contributed by atoms with Crippen LogP contribution in [0.15, 0.2) is 71.3 Å². The summed E-state index contributed by atoms with van der Waals surface area (Å²) < 4.78 is 33.7. The Morgan fingerprint density at radius 2 is 1.64 bits per heavy atom. The van der Waals surface area contributed by atoms with E-state index < -0.39 is 11.7 Å². The Hall–Kier alpha value is -3.79. The van der Waals surface area contributed by atoms with Crippen molar-refractivity contribution in [3.63, 3.8) is 0 Å². The zero-order valence-electron chi connectivity index (χ0n) is 22.8. The molecular weight excluding hydrogens is 585 g/mol. The fraction of sp³-hybridized carbons (Fsp3) is 0.258. The maximum absolute atomic E-state index is 14.8. The standard InChI is InChI=1S/C31H28Cl2F2N4O3/c1-20-27(29(36-42-20)28-25(33)3-2-4-26(28)35)31(41)39(19-21-5-11-24(34)12-6-21)18-15-37-13-16-38(17-14-37)30(40)22-7-9-23(32)10-8-22/h2-12H,13-19H2,1H3. The van der Waals surface area contributed by atoms with E-state index in [1.54, 1.807) is 53.1 Å². The highest BCUT2D eigenvalue weighted by Gasteiger charge is 2.30. The summed E-state index contributed by atoms with van der Waals surface area (Å²) in [5.74, 6) is -1.24. The second-order valence-electron chi connectivity index (χ2n) is 10.1. The van der Waals surface area contributed by atoms with Crippen LogP contribution in [-0.2, 0) is 6.54 Å². The first-order valence-corrected chi connectivity index (χ1v) is 14.2. The van der Waals surface area contributed by atoms with Crippen molar-refractivity contribution >= 4 is 35.0 Å². The summed E-state index contributed by atoms with van der Waals surface area (Å²) in [7, 11) is 0. The van der Waals surface area contributed by atoms with E-state index in [0.717, 1.165) is 5.56 Å². The Morgan fingerprint density at radius 3 is 2.31 bits per heavy atom. The molecule has 2 heterocycles. The lowest BCUT2D eigenvalue weighted by Gasteiger charge is -2.36. The Kier molecular flexibility index (Phi) is 9.21. The SMILES string of the molecule is Cc1onc(-c2c(F)cccc2Cl)c1C(=O)N(CCN1CCN(C(=O)c2ccc(Cl)cc2)CC1)Cc1ccc(F)cc1. The lowest BCUT2D eigenvalue weighted by atomic mass is 10.0. The second-order valence-corrected chi connectivity index (χ2v) is 10.9. The van der Waals surface area contributed by atoms with Crippen molar-refractivity contribution in [2.75, 3.05) is 39.3 Å². The maximum atomic E-state index is 14.8. The number of amides is 2. The van der Waals surface area contributed by atoms with Gasteiger partial charge < -0.3 is 14.3 Å². The third-order valence-corrected chi connectivity index (χ3v) is 7.85. The smallest absolute Gasteiger partial charge is 0.260 e. The van der Waals surface area contributed by atoms with Crippen molar-refractivity contribution in [2.24, 2.45) is 0 Å². The summed E-state index contributed by atoms with van der Waals surface area (Å²) in [5.41, 5.74) is 1.44. The summed E-state index contributed by atoms with van der Waals surface area (Å²) in [5, 5.41) is 4.66. The van der Waals surface area contributed by atoms with E-state index in [0.29, 0.717) is 49.9 Å². The van der Waals surface area contributed by atoms with Gasteiger partial charge in [0.1, 0.15) is 28.7 Å². The number of hydrogen-bond donors (Lipinski definition) is 0. The summed E-state index contributed by atoms with van der Waals surface area (Å²) >= 11 is 12.2. The quantitative estimate of drug-likeness (QED) is 0.232. The summed E-state index contributed by atoms with van der Waals surface area (Å²) in [4.78, 5) is 32.5. The normalized spacial score (nSPS) is 13.8.